The number of aromatic nitrogens is 3. The van der Waals surface area contributed by atoms with Gasteiger partial charge in [-0.3, -0.25) is 0 Å². The summed E-state index contributed by atoms with van der Waals surface area (Å²) in [4.78, 5) is 0. The van der Waals surface area contributed by atoms with Gasteiger partial charge in [-0.1, -0.05) is 23.9 Å². The molecule has 0 radical (unpaired) electrons. The van der Waals surface area contributed by atoms with Crippen molar-refractivity contribution in [3.8, 4) is 17.6 Å². The first kappa shape index (κ1) is 13.8. The van der Waals surface area contributed by atoms with E-state index in [1.807, 2.05) is 35.9 Å². The monoisotopic (exact) mass is 302 g/mol. The number of hydrogen-bond donors (Lipinski definition) is 0. The number of benzene rings is 1. The standard InChI is InChI=1S/C14H14N4O2S/c1-18-13(16-17-14(18)21-8-4-7-15)12-9-19-10-5-2-3-6-11(10)20-12/h2-3,5-6,12H,4,8-9H2,1H3. The smallest absolute Gasteiger partial charge is 0.192 e. The van der Waals surface area contributed by atoms with Gasteiger partial charge in [0.15, 0.2) is 28.6 Å². The van der Waals surface area contributed by atoms with Gasteiger partial charge in [0, 0.05) is 19.2 Å². The summed E-state index contributed by atoms with van der Waals surface area (Å²) in [5.74, 6) is 2.90. The number of thioether (sulfide) groups is 1. The molecule has 0 spiro atoms. The lowest BCUT2D eigenvalue weighted by Gasteiger charge is -2.25. The quantitative estimate of drug-likeness (QED) is 0.637. The largest absolute Gasteiger partial charge is 0.485 e. The minimum Gasteiger partial charge on any atom is -0.485 e. The summed E-state index contributed by atoms with van der Waals surface area (Å²) in [7, 11) is 1.90. The van der Waals surface area contributed by atoms with Crippen LogP contribution < -0.4 is 9.47 Å². The molecule has 3 rings (SSSR count). The van der Waals surface area contributed by atoms with Gasteiger partial charge in [-0.25, -0.2) is 0 Å². The number of fused-ring (bicyclic) bond motifs is 1. The molecule has 0 aliphatic carbocycles. The Labute approximate surface area is 126 Å². The second-order valence-electron chi connectivity index (χ2n) is 4.52. The SMILES string of the molecule is Cn1c(SCCC#N)nnc1C1COc2ccccc2O1. The summed E-state index contributed by atoms with van der Waals surface area (Å²) in [5, 5.41) is 17.7. The fourth-order valence-electron chi connectivity index (χ4n) is 2.07. The molecule has 1 aliphatic heterocycles. The van der Waals surface area contributed by atoms with E-state index in [9.17, 15) is 0 Å². The third kappa shape index (κ3) is 2.81. The van der Waals surface area contributed by atoms with E-state index in [0.717, 1.165) is 22.5 Å². The van der Waals surface area contributed by atoms with E-state index < -0.39 is 0 Å². The van der Waals surface area contributed by atoms with Crippen LogP contribution >= 0.6 is 11.8 Å². The molecule has 0 bridgehead atoms. The molecule has 1 aromatic heterocycles. The van der Waals surface area contributed by atoms with Crippen LogP contribution in [-0.4, -0.2) is 27.1 Å². The second kappa shape index (κ2) is 6.06. The molecular formula is C14H14N4O2S. The average molecular weight is 302 g/mol. The predicted octanol–water partition coefficient (Wildman–Crippen LogP) is 2.33. The van der Waals surface area contributed by atoms with Crippen molar-refractivity contribution in [3.05, 3.63) is 30.1 Å². The molecule has 0 saturated carbocycles. The van der Waals surface area contributed by atoms with Crippen molar-refractivity contribution in [2.24, 2.45) is 7.05 Å². The Hall–Kier alpha value is -2.20. The summed E-state index contributed by atoms with van der Waals surface area (Å²) in [5.41, 5.74) is 0. The Morgan fingerprint density at radius 3 is 3.00 bits per heavy atom. The van der Waals surface area contributed by atoms with Gasteiger partial charge in [0.2, 0.25) is 0 Å². The molecule has 2 heterocycles. The van der Waals surface area contributed by atoms with Crippen molar-refractivity contribution < 1.29 is 9.47 Å². The fraction of sp³-hybridized carbons (Fsp3) is 0.357. The number of nitrogens with zero attached hydrogens (tertiary/aromatic N) is 4. The highest BCUT2D eigenvalue weighted by Crippen LogP contribution is 2.35. The molecule has 6 nitrogen and oxygen atoms in total. The third-order valence-corrected chi connectivity index (χ3v) is 4.13. The van der Waals surface area contributed by atoms with Gasteiger partial charge in [-0.15, -0.1) is 10.2 Å². The van der Waals surface area contributed by atoms with E-state index in [0.29, 0.717) is 18.8 Å². The number of para-hydroxylation sites is 2. The van der Waals surface area contributed by atoms with Gasteiger partial charge in [-0.05, 0) is 12.1 Å². The van der Waals surface area contributed by atoms with Crippen molar-refractivity contribution in [1.29, 1.82) is 5.26 Å². The average Bonchev–Trinajstić information content (AvgIpc) is 2.88. The van der Waals surface area contributed by atoms with Crippen LogP contribution in [0.3, 0.4) is 0 Å². The second-order valence-corrected chi connectivity index (χ2v) is 5.58. The third-order valence-electron chi connectivity index (χ3n) is 3.11. The number of ether oxygens (including phenoxy) is 2. The van der Waals surface area contributed by atoms with Crippen molar-refractivity contribution in [3.63, 3.8) is 0 Å². The predicted molar refractivity (Wildman–Crippen MR) is 77.3 cm³/mol. The van der Waals surface area contributed by atoms with Gasteiger partial charge < -0.3 is 14.0 Å². The maximum absolute atomic E-state index is 8.57. The van der Waals surface area contributed by atoms with E-state index in [4.69, 9.17) is 14.7 Å². The van der Waals surface area contributed by atoms with E-state index in [-0.39, 0.29) is 6.10 Å². The zero-order chi connectivity index (χ0) is 14.7. The maximum atomic E-state index is 8.57. The van der Waals surface area contributed by atoms with Crippen LogP contribution in [0.15, 0.2) is 29.4 Å². The van der Waals surface area contributed by atoms with Crippen LogP contribution in [0.25, 0.3) is 0 Å². The van der Waals surface area contributed by atoms with Crippen LogP contribution in [-0.2, 0) is 7.05 Å². The van der Waals surface area contributed by atoms with E-state index in [2.05, 4.69) is 16.3 Å². The zero-order valence-corrected chi connectivity index (χ0v) is 12.3. The van der Waals surface area contributed by atoms with Gasteiger partial charge in [0.25, 0.3) is 0 Å². The van der Waals surface area contributed by atoms with Crippen LogP contribution in [0.4, 0.5) is 0 Å². The minimum absolute atomic E-state index is 0.275. The van der Waals surface area contributed by atoms with Crippen LogP contribution in [0.5, 0.6) is 11.5 Å². The van der Waals surface area contributed by atoms with Gasteiger partial charge in [0.05, 0.1) is 6.07 Å². The molecule has 1 aromatic carbocycles. The molecule has 0 amide bonds. The molecule has 7 heteroatoms. The highest BCUT2D eigenvalue weighted by molar-refractivity contribution is 7.99. The fourth-order valence-corrected chi connectivity index (χ4v) is 2.83. The summed E-state index contributed by atoms with van der Waals surface area (Å²) >= 11 is 1.51. The van der Waals surface area contributed by atoms with Gasteiger partial charge >= 0.3 is 0 Å². The van der Waals surface area contributed by atoms with Crippen LogP contribution in [0, 0.1) is 11.3 Å². The van der Waals surface area contributed by atoms with Gasteiger partial charge in [-0.2, -0.15) is 5.26 Å². The molecular weight excluding hydrogens is 288 g/mol. The molecule has 108 valence electrons. The summed E-state index contributed by atoms with van der Waals surface area (Å²) < 4.78 is 13.5. The maximum Gasteiger partial charge on any atom is 0.192 e. The highest BCUT2D eigenvalue weighted by Gasteiger charge is 2.27. The topological polar surface area (TPSA) is 73.0 Å². The lowest BCUT2D eigenvalue weighted by molar-refractivity contribution is 0.0825. The number of hydrogen-bond acceptors (Lipinski definition) is 6. The first-order valence-electron chi connectivity index (χ1n) is 6.57. The van der Waals surface area contributed by atoms with Crippen LogP contribution in [0.1, 0.15) is 18.3 Å². The molecule has 1 aliphatic rings. The molecule has 21 heavy (non-hydrogen) atoms. The normalized spacial score (nSPS) is 16.5. The highest BCUT2D eigenvalue weighted by atomic mass is 32.2. The Kier molecular flexibility index (Phi) is 3.97. The lowest BCUT2D eigenvalue weighted by Crippen LogP contribution is -2.24. The molecule has 2 aromatic rings. The van der Waals surface area contributed by atoms with Crippen molar-refractivity contribution in [2.45, 2.75) is 17.7 Å². The summed E-state index contributed by atoms with van der Waals surface area (Å²) in [6, 6.07) is 9.69. The molecule has 1 unspecified atom stereocenters. The van der Waals surface area contributed by atoms with E-state index in [1.165, 1.54) is 11.8 Å². The van der Waals surface area contributed by atoms with E-state index >= 15 is 0 Å². The Bertz CT molecular complexity index is 680. The molecule has 0 fully saturated rings. The van der Waals surface area contributed by atoms with Crippen molar-refractivity contribution in [2.75, 3.05) is 12.4 Å². The molecule has 1 atom stereocenters. The van der Waals surface area contributed by atoms with E-state index in [1.54, 1.807) is 0 Å². The molecule has 0 saturated heterocycles. The van der Waals surface area contributed by atoms with Gasteiger partial charge in [0.1, 0.15) is 6.61 Å². The Balaban J connectivity index is 1.75. The van der Waals surface area contributed by atoms with Crippen molar-refractivity contribution in [1.82, 2.24) is 14.8 Å². The lowest BCUT2D eigenvalue weighted by atomic mass is 10.2. The van der Waals surface area contributed by atoms with Crippen LogP contribution in [0.2, 0.25) is 0 Å². The Morgan fingerprint density at radius 2 is 2.19 bits per heavy atom. The first-order valence-corrected chi connectivity index (χ1v) is 7.55. The number of rotatable bonds is 4. The Morgan fingerprint density at radius 1 is 1.38 bits per heavy atom. The zero-order valence-electron chi connectivity index (χ0n) is 11.5. The molecule has 0 N–H and O–H groups in total. The summed E-state index contributed by atoms with van der Waals surface area (Å²) in [6.07, 6.45) is 0.214. The van der Waals surface area contributed by atoms with Crippen molar-refractivity contribution >= 4 is 11.8 Å². The first-order chi connectivity index (χ1) is 10.3. The minimum atomic E-state index is -0.275. The number of nitriles is 1. The summed E-state index contributed by atoms with van der Waals surface area (Å²) in [6.45, 7) is 0.409.